The molecule has 19 heavy (non-hydrogen) atoms. The summed E-state index contributed by atoms with van der Waals surface area (Å²) >= 11 is 0. The van der Waals surface area contributed by atoms with Crippen LogP contribution in [0.25, 0.3) is 0 Å². The van der Waals surface area contributed by atoms with E-state index in [0.717, 1.165) is 6.26 Å². The van der Waals surface area contributed by atoms with Crippen LogP contribution in [-0.2, 0) is 11.3 Å². The zero-order valence-electron chi connectivity index (χ0n) is 10.2. The quantitative estimate of drug-likeness (QED) is 0.820. The molecule has 100 valence electrons. The van der Waals surface area contributed by atoms with Gasteiger partial charge in [0.1, 0.15) is 12.0 Å². The number of furan rings is 1. The largest absolute Gasteiger partial charge is 0.478 e. The van der Waals surface area contributed by atoms with Crippen molar-refractivity contribution in [3.05, 3.63) is 41.6 Å². The number of carbonyl (C=O) groups is 2. The lowest BCUT2D eigenvalue weighted by molar-refractivity contribution is 0.0525. The van der Waals surface area contributed by atoms with E-state index in [1.807, 2.05) is 0 Å². The molecule has 7 nitrogen and oxygen atoms in total. The average molecular weight is 264 g/mol. The molecular weight excluding hydrogens is 252 g/mol. The van der Waals surface area contributed by atoms with E-state index in [4.69, 9.17) is 14.3 Å². The van der Waals surface area contributed by atoms with Crippen LogP contribution in [0.15, 0.2) is 29.1 Å². The van der Waals surface area contributed by atoms with E-state index < -0.39 is 11.9 Å². The molecule has 0 saturated carbocycles. The molecule has 2 aromatic heterocycles. The van der Waals surface area contributed by atoms with Gasteiger partial charge in [0, 0.05) is 6.20 Å². The first kappa shape index (κ1) is 12.9. The number of carboxylic acid groups (broad SMARTS) is 1. The molecule has 0 aromatic carbocycles. The zero-order chi connectivity index (χ0) is 13.8. The summed E-state index contributed by atoms with van der Waals surface area (Å²) in [6.07, 6.45) is 4.06. The van der Waals surface area contributed by atoms with Gasteiger partial charge in [-0.25, -0.2) is 9.59 Å². The van der Waals surface area contributed by atoms with Gasteiger partial charge in [0.2, 0.25) is 0 Å². The summed E-state index contributed by atoms with van der Waals surface area (Å²) in [6.45, 7) is 2.26. The Labute approximate surface area is 108 Å². The Hall–Kier alpha value is -2.57. The predicted octanol–water partition coefficient (Wildman–Crippen LogP) is 1.40. The van der Waals surface area contributed by atoms with Gasteiger partial charge in [0.25, 0.3) is 0 Å². The number of rotatable bonds is 5. The van der Waals surface area contributed by atoms with E-state index >= 15 is 0 Å². The number of hydrogen-bond donors (Lipinski definition) is 1. The van der Waals surface area contributed by atoms with Crippen molar-refractivity contribution in [3.8, 4) is 0 Å². The molecular formula is C12H12N2O5. The van der Waals surface area contributed by atoms with Gasteiger partial charge < -0.3 is 14.3 Å². The van der Waals surface area contributed by atoms with Gasteiger partial charge in [-0.2, -0.15) is 5.10 Å². The van der Waals surface area contributed by atoms with Crippen LogP contribution >= 0.6 is 0 Å². The number of hydrogen-bond acceptors (Lipinski definition) is 5. The molecule has 0 spiro atoms. The molecule has 0 fully saturated rings. The van der Waals surface area contributed by atoms with E-state index in [2.05, 4.69) is 5.10 Å². The third-order valence-electron chi connectivity index (χ3n) is 2.36. The predicted molar refractivity (Wildman–Crippen MR) is 63.0 cm³/mol. The maximum absolute atomic E-state index is 11.4. The van der Waals surface area contributed by atoms with Crippen molar-refractivity contribution in [2.75, 3.05) is 6.61 Å². The lowest BCUT2D eigenvalue weighted by atomic mass is 10.3. The van der Waals surface area contributed by atoms with Crippen LogP contribution in [0.1, 0.15) is 33.4 Å². The second-order valence-corrected chi connectivity index (χ2v) is 3.75. The van der Waals surface area contributed by atoms with Crippen LogP contribution in [0.3, 0.4) is 0 Å². The molecule has 1 N–H and O–H groups in total. The highest BCUT2D eigenvalue weighted by Gasteiger charge is 2.12. The van der Waals surface area contributed by atoms with Crippen LogP contribution in [0.4, 0.5) is 0 Å². The summed E-state index contributed by atoms with van der Waals surface area (Å²) in [6, 6.07) is 1.41. The topological polar surface area (TPSA) is 94.6 Å². The highest BCUT2D eigenvalue weighted by Crippen LogP contribution is 2.10. The monoisotopic (exact) mass is 264 g/mol. The molecule has 0 amide bonds. The maximum atomic E-state index is 11.4. The number of aromatic carboxylic acids is 1. The summed E-state index contributed by atoms with van der Waals surface area (Å²) in [4.78, 5) is 22.1. The maximum Gasteiger partial charge on any atom is 0.341 e. The van der Waals surface area contributed by atoms with Gasteiger partial charge in [-0.1, -0.05) is 0 Å². The average Bonchev–Trinajstić information content (AvgIpc) is 2.99. The van der Waals surface area contributed by atoms with E-state index in [1.54, 1.807) is 6.92 Å². The van der Waals surface area contributed by atoms with Gasteiger partial charge in [-0.15, -0.1) is 0 Å². The van der Waals surface area contributed by atoms with Crippen molar-refractivity contribution in [1.82, 2.24) is 9.78 Å². The standard InChI is InChI=1S/C12H12N2O5/c1-2-18-12(17)9-4-13-14(5-9)6-10-3-8(7-19-10)11(15)16/h3-5,7H,2,6H2,1H3,(H,15,16). The molecule has 0 aliphatic rings. The lowest BCUT2D eigenvalue weighted by Crippen LogP contribution is -2.03. The van der Waals surface area contributed by atoms with Crippen molar-refractivity contribution < 1.29 is 23.8 Å². The molecule has 0 atom stereocenters. The number of ether oxygens (including phenoxy) is 1. The summed E-state index contributed by atoms with van der Waals surface area (Å²) in [7, 11) is 0. The normalized spacial score (nSPS) is 10.4. The Morgan fingerprint density at radius 3 is 2.89 bits per heavy atom. The summed E-state index contributed by atoms with van der Waals surface area (Å²) < 4.78 is 11.4. The Bertz CT molecular complexity index is 599. The van der Waals surface area contributed by atoms with E-state index in [9.17, 15) is 9.59 Å². The second kappa shape index (κ2) is 5.38. The first-order valence-electron chi connectivity index (χ1n) is 5.60. The minimum atomic E-state index is -1.05. The number of carbonyl (C=O) groups excluding carboxylic acids is 1. The SMILES string of the molecule is CCOC(=O)c1cnn(Cc2cc(C(=O)O)co2)c1. The minimum absolute atomic E-state index is 0.0766. The fourth-order valence-corrected chi connectivity index (χ4v) is 1.51. The van der Waals surface area contributed by atoms with E-state index in [0.29, 0.717) is 17.9 Å². The smallest absolute Gasteiger partial charge is 0.341 e. The molecule has 7 heteroatoms. The number of aromatic nitrogens is 2. The number of esters is 1. The van der Waals surface area contributed by atoms with Crippen molar-refractivity contribution in [2.24, 2.45) is 0 Å². The van der Waals surface area contributed by atoms with Crippen LogP contribution < -0.4 is 0 Å². The Balaban J connectivity index is 2.06. The van der Waals surface area contributed by atoms with Crippen molar-refractivity contribution in [1.29, 1.82) is 0 Å². The number of nitrogens with zero attached hydrogens (tertiary/aromatic N) is 2. The fraction of sp³-hybridized carbons (Fsp3) is 0.250. The van der Waals surface area contributed by atoms with Gasteiger partial charge in [-0.05, 0) is 13.0 Å². The van der Waals surface area contributed by atoms with Crippen molar-refractivity contribution >= 4 is 11.9 Å². The summed E-state index contributed by atoms with van der Waals surface area (Å²) in [5.74, 6) is -1.06. The molecule has 0 unspecified atom stereocenters. The van der Waals surface area contributed by atoms with Gasteiger partial charge >= 0.3 is 11.9 Å². The third kappa shape index (κ3) is 3.01. The molecule has 0 aliphatic heterocycles. The molecule has 2 heterocycles. The Kier molecular flexibility index (Phi) is 3.65. The molecule has 0 aliphatic carbocycles. The van der Waals surface area contributed by atoms with E-state index in [1.165, 1.54) is 23.1 Å². The summed E-state index contributed by atoms with van der Waals surface area (Å²) in [5.41, 5.74) is 0.416. The van der Waals surface area contributed by atoms with Gasteiger partial charge in [0.05, 0.1) is 30.5 Å². The highest BCUT2D eigenvalue weighted by atomic mass is 16.5. The molecule has 0 radical (unpaired) electrons. The zero-order valence-corrected chi connectivity index (χ0v) is 10.2. The first-order chi connectivity index (χ1) is 9.10. The molecule has 0 saturated heterocycles. The second-order valence-electron chi connectivity index (χ2n) is 3.75. The fourth-order valence-electron chi connectivity index (χ4n) is 1.51. The van der Waals surface area contributed by atoms with Gasteiger partial charge in [-0.3, -0.25) is 4.68 Å². The molecule has 2 rings (SSSR count). The minimum Gasteiger partial charge on any atom is -0.478 e. The highest BCUT2D eigenvalue weighted by molar-refractivity contribution is 5.88. The third-order valence-corrected chi connectivity index (χ3v) is 2.36. The van der Waals surface area contributed by atoms with Crippen LogP contribution in [0, 0.1) is 0 Å². The molecule has 0 bridgehead atoms. The van der Waals surface area contributed by atoms with Crippen molar-refractivity contribution in [3.63, 3.8) is 0 Å². The lowest BCUT2D eigenvalue weighted by Gasteiger charge is -1.97. The Morgan fingerprint density at radius 2 is 2.26 bits per heavy atom. The first-order valence-corrected chi connectivity index (χ1v) is 5.60. The molecule has 2 aromatic rings. The number of carboxylic acids is 1. The van der Waals surface area contributed by atoms with Gasteiger partial charge in [0.15, 0.2) is 0 Å². The van der Waals surface area contributed by atoms with Crippen molar-refractivity contribution in [2.45, 2.75) is 13.5 Å². The Morgan fingerprint density at radius 1 is 1.47 bits per heavy atom. The summed E-state index contributed by atoms with van der Waals surface area (Å²) in [5, 5.41) is 12.7. The van der Waals surface area contributed by atoms with Crippen LogP contribution in [0.2, 0.25) is 0 Å². The van der Waals surface area contributed by atoms with E-state index in [-0.39, 0.29) is 12.1 Å². The van der Waals surface area contributed by atoms with Crippen LogP contribution in [-0.4, -0.2) is 33.4 Å². The van der Waals surface area contributed by atoms with Crippen LogP contribution in [0.5, 0.6) is 0 Å².